The van der Waals surface area contributed by atoms with Gasteiger partial charge in [0.1, 0.15) is 17.4 Å². The summed E-state index contributed by atoms with van der Waals surface area (Å²) in [6, 6.07) is 10.0. The Kier molecular flexibility index (Phi) is 4.55. The highest BCUT2D eigenvalue weighted by Gasteiger charge is 2.37. The van der Waals surface area contributed by atoms with Crippen molar-refractivity contribution < 1.29 is 19.1 Å². The van der Waals surface area contributed by atoms with Crippen molar-refractivity contribution in [2.45, 2.75) is 24.9 Å². The van der Waals surface area contributed by atoms with E-state index in [1.165, 1.54) is 12.3 Å². The van der Waals surface area contributed by atoms with Crippen molar-refractivity contribution in [3.63, 3.8) is 0 Å². The van der Waals surface area contributed by atoms with Gasteiger partial charge < -0.3 is 20.2 Å². The number of hydrogen-bond acceptors (Lipinski definition) is 5. The van der Waals surface area contributed by atoms with Crippen molar-refractivity contribution >= 4 is 17.5 Å². The Morgan fingerprint density at radius 2 is 2.08 bits per heavy atom. The third-order valence-corrected chi connectivity index (χ3v) is 4.28. The minimum Gasteiger partial charge on any atom is -0.469 e. The van der Waals surface area contributed by atoms with Gasteiger partial charge in [-0.25, -0.2) is 0 Å². The van der Waals surface area contributed by atoms with E-state index in [-0.39, 0.29) is 17.8 Å². The molecule has 3 rings (SSSR count). The van der Waals surface area contributed by atoms with E-state index in [2.05, 4.69) is 10.6 Å². The fraction of sp³-hybridized carbons (Fsp3) is 0.278. The third kappa shape index (κ3) is 3.39. The number of nitrogens with one attached hydrogen (secondary N) is 2. The highest BCUT2D eigenvalue weighted by atomic mass is 16.3. The summed E-state index contributed by atoms with van der Waals surface area (Å²) in [5.74, 6) is -1.07. The first kappa shape index (κ1) is 16.7. The first-order valence-electron chi connectivity index (χ1n) is 7.91. The molecule has 1 unspecified atom stereocenters. The summed E-state index contributed by atoms with van der Waals surface area (Å²) < 4.78 is 5.33. The standard InChI is InChI=1S/C18H17N3O4/c19-10-12-4-1-2-5-14(12)21-17(23)16(22)20-11-18(24)8-3-6-15-13(18)7-9-25-15/h1-2,4-5,7,9,24H,3,6,8,11H2,(H,20,22)(H,21,23). The van der Waals surface area contributed by atoms with Gasteiger partial charge in [0.25, 0.3) is 0 Å². The van der Waals surface area contributed by atoms with Crippen LogP contribution in [0, 0.1) is 11.3 Å². The monoisotopic (exact) mass is 339 g/mol. The lowest BCUT2D eigenvalue weighted by molar-refractivity contribution is -0.137. The van der Waals surface area contributed by atoms with Crippen molar-refractivity contribution in [1.82, 2.24) is 5.32 Å². The summed E-state index contributed by atoms with van der Waals surface area (Å²) in [5.41, 5.74) is -0.0771. The van der Waals surface area contributed by atoms with E-state index in [0.29, 0.717) is 17.7 Å². The van der Waals surface area contributed by atoms with E-state index in [4.69, 9.17) is 9.68 Å². The van der Waals surface area contributed by atoms with Crippen LogP contribution < -0.4 is 10.6 Å². The molecule has 1 aliphatic rings. The van der Waals surface area contributed by atoms with Crippen LogP contribution in [0.3, 0.4) is 0 Å². The van der Waals surface area contributed by atoms with Gasteiger partial charge in [0.2, 0.25) is 0 Å². The number of nitriles is 1. The highest BCUT2D eigenvalue weighted by Crippen LogP contribution is 2.35. The second kappa shape index (κ2) is 6.79. The molecular weight excluding hydrogens is 322 g/mol. The number of carbonyl (C=O) groups is 2. The lowest BCUT2D eigenvalue weighted by Gasteiger charge is -2.31. The predicted octanol–water partition coefficient (Wildman–Crippen LogP) is 1.43. The molecule has 0 fully saturated rings. The minimum atomic E-state index is -1.25. The predicted molar refractivity (Wildman–Crippen MR) is 88.3 cm³/mol. The van der Waals surface area contributed by atoms with E-state index < -0.39 is 17.4 Å². The summed E-state index contributed by atoms with van der Waals surface area (Å²) in [5, 5.41) is 24.6. The second-order valence-corrected chi connectivity index (χ2v) is 5.94. The zero-order valence-corrected chi connectivity index (χ0v) is 13.4. The summed E-state index contributed by atoms with van der Waals surface area (Å²) in [6.45, 7) is -0.0916. The third-order valence-electron chi connectivity index (χ3n) is 4.28. The molecule has 0 radical (unpaired) electrons. The molecule has 0 spiro atoms. The lowest BCUT2D eigenvalue weighted by atomic mass is 9.83. The molecule has 3 N–H and O–H groups in total. The molecule has 25 heavy (non-hydrogen) atoms. The number of hydrogen-bond donors (Lipinski definition) is 3. The van der Waals surface area contributed by atoms with Crippen molar-refractivity contribution in [2.24, 2.45) is 0 Å². The van der Waals surface area contributed by atoms with Gasteiger partial charge in [0.05, 0.1) is 24.1 Å². The van der Waals surface area contributed by atoms with Crippen molar-refractivity contribution in [1.29, 1.82) is 5.26 Å². The molecule has 1 aliphatic carbocycles. The van der Waals surface area contributed by atoms with Gasteiger partial charge in [-0.15, -0.1) is 0 Å². The Bertz CT molecular complexity index is 852. The Hall–Kier alpha value is -3.11. The van der Waals surface area contributed by atoms with Gasteiger partial charge in [-0.2, -0.15) is 5.26 Å². The van der Waals surface area contributed by atoms with Gasteiger partial charge in [0, 0.05) is 12.0 Å². The molecule has 1 aromatic carbocycles. The largest absolute Gasteiger partial charge is 0.469 e. The number of furan rings is 1. The summed E-state index contributed by atoms with van der Waals surface area (Å²) in [4.78, 5) is 24.1. The molecule has 0 saturated heterocycles. The van der Waals surface area contributed by atoms with Gasteiger partial charge in [-0.1, -0.05) is 12.1 Å². The van der Waals surface area contributed by atoms with Crippen LogP contribution in [-0.4, -0.2) is 23.5 Å². The van der Waals surface area contributed by atoms with Gasteiger partial charge in [-0.3, -0.25) is 9.59 Å². The van der Waals surface area contributed by atoms with Gasteiger partial charge in [-0.05, 0) is 31.0 Å². The van der Waals surface area contributed by atoms with Crippen LogP contribution in [0.15, 0.2) is 41.0 Å². The summed E-state index contributed by atoms with van der Waals surface area (Å²) >= 11 is 0. The number of amides is 2. The topological polar surface area (TPSA) is 115 Å². The van der Waals surface area contributed by atoms with Crippen LogP contribution in [0.4, 0.5) is 5.69 Å². The normalized spacial score (nSPS) is 18.7. The molecule has 7 nitrogen and oxygen atoms in total. The first-order chi connectivity index (χ1) is 12.0. The number of carbonyl (C=O) groups excluding carboxylic acids is 2. The number of nitrogens with zero attached hydrogens (tertiary/aromatic N) is 1. The van der Waals surface area contributed by atoms with Gasteiger partial charge in [0.15, 0.2) is 0 Å². The average Bonchev–Trinajstić information content (AvgIpc) is 3.11. The molecule has 1 atom stereocenters. The van der Waals surface area contributed by atoms with E-state index in [1.54, 1.807) is 24.3 Å². The van der Waals surface area contributed by atoms with Crippen LogP contribution in [0.1, 0.15) is 29.7 Å². The van der Waals surface area contributed by atoms with E-state index >= 15 is 0 Å². The highest BCUT2D eigenvalue weighted by molar-refractivity contribution is 6.39. The molecule has 0 saturated carbocycles. The van der Waals surface area contributed by atoms with Crippen LogP contribution in [0.5, 0.6) is 0 Å². The van der Waals surface area contributed by atoms with Gasteiger partial charge >= 0.3 is 11.8 Å². The summed E-state index contributed by atoms with van der Waals surface area (Å²) in [6.07, 6.45) is 3.45. The number of anilines is 1. The molecule has 2 amide bonds. The molecule has 7 heteroatoms. The second-order valence-electron chi connectivity index (χ2n) is 5.94. The molecule has 0 aliphatic heterocycles. The van der Waals surface area contributed by atoms with E-state index in [0.717, 1.165) is 12.8 Å². The van der Waals surface area contributed by atoms with E-state index in [1.807, 2.05) is 6.07 Å². The maximum Gasteiger partial charge on any atom is 0.313 e. The number of para-hydroxylation sites is 1. The Morgan fingerprint density at radius 1 is 1.28 bits per heavy atom. The molecule has 1 aromatic heterocycles. The van der Waals surface area contributed by atoms with Crippen molar-refractivity contribution in [3.8, 4) is 6.07 Å². The van der Waals surface area contributed by atoms with Crippen LogP contribution >= 0.6 is 0 Å². The molecule has 128 valence electrons. The summed E-state index contributed by atoms with van der Waals surface area (Å²) in [7, 11) is 0. The molecule has 0 bridgehead atoms. The Balaban J connectivity index is 1.64. The Labute approximate surface area is 144 Å². The number of benzene rings is 1. The quantitative estimate of drug-likeness (QED) is 0.732. The number of fused-ring (bicyclic) bond motifs is 1. The average molecular weight is 339 g/mol. The fourth-order valence-corrected chi connectivity index (χ4v) is 2.98. The maximum atomic E-state index is 12.0. The van der Waals surface area contributed by atoms with Crippen LogP contribution in [0.25, 0.3) is 0 Å². The lowest BCUT2D eigenvalue weighted by Crippen LogP contribution is -2.45. The number of aryl methyl sites for hydroxylation is 1. The minimum absolute atomic E-state index is 0.0916. The number of aliphatic hydroxyl groups is 1. The number of rotatable bonds is 3. The zero-order valence-electron chi connectivity index (χ0n) is 13.4. The smallest absolute Gasteiger partial charge is 0.313 e. The van der Waals surface area contributed by atoms with E-state index in [9.17, 15) is 14.7 Å². The molecular formula is C18H17N3O4. The molecule has 2 aromatic rings. The molecule has 1 heterocycles. The van der Waals surface area contributed by atoms with Crippen LogP contribution in [0.2, 0.25) is 0 Å². The fourth-order valence-electron chi connectivity index (χ4n) is 2.98. The van der Waals surface area contributed by atoms with Crippen LogP contribution in [-0.2, 0) is 21.6 Å². The first-order valence-corrected chi connectivity index (χ1v) is 7.91. The zero-order chi connectivity index (χ0) is 17.9. The van der Waals surface area contributed by atoms with Crippen molar-refractivity contribution in [3.05, 3.63) is 53.5 Å². The van der Waals surface area contributed by atoms with Crippen molar-refractivity contribution in [2.75, 3.05) is 11.9 Å². The maximum absolute atomic E-state index is 12.0. The SMILES string of the molecule is N#Cc1ccccc1NC(=O)C(=O)NCC1(O)CCCc2occc21. The Morgan fingerprint density at radius 3 is 2.88 bits per heavy atom.